The molecule has 0 aliphatic carbocycles. The van der Waals surface area contributed by atoms with Crippen molar-refractivity contribution < 1.29 is 28.2 Å². The highest BCUT2D eigenvalue weighted by atomic mass is 19.4. The summed E-state index contributed by atoms with van der Waals surface area (Å²) in [5.74, 6) is -0.444. The average Bonchev–Trinajstić information content (AvgIpc) is 2.24. The molecule has 0 atom stereocenters. The number of halogens is 3. The number of hydroxylamine groups is 1. The lowest BCUT2D eigenvalue weighted by molar-refractivity contribution is -0.262. The van der Waals surface area contributed by atoms with E-state index in [1.807, 2.05) is 0 Å². The number of rotatable bonds is 5. The third-order valence-corrected chi connectivity index (χ3v) is 1.60. The number of nitrogens with one attached hydrogen (secondary N) is 1. The van der Waals surface area contributed by atoms with Crippen LogP contribution in [0.5, 0.6) is 5.75 Å². The van der Waals surface area contributed by atoms with Crippen LogP contribution >= 0.6 is 0 Å². The van der Waals surface area contributed by atoms with E-state index in [1.54, 1.807) is 0 Å². The van der Waals surface area contributed by atoms with Crippen LogP contribution in [-0.2, 0) is 11.2 Å². The van der Waals surface area contributed by atoms with Crippen molar-refractivity contribution in [1.82, 2.24) is 5.48 Å². The molecule has 0 aromatic heterocycles. The summed E-state index contributed by atoms with van der Waals surface area (Å²) in [7, 11) is 0. The summed E-state index contributed by atoms with van der Waals surface area (Å²) in [4.78, 5) is 8.71. The van der Waals surface area contributed by atoms with Gasteiger partial charge in [0, 0.05) is 6.54 Å². The first kappa shape index (κ1) is 12.8. The van der Waals surface area contributed by atoms with E-state index in [9.17, 15) is 13.2 Å². The van der Waals surface area contributed by atoms with Gasteiger partial charge in [-0.15, -0.1) is 0 Å². The molecule has 0 heterocycles. The van der Waals surface area contributed by atoms with E-state index in [2.05, 4.69) is 15.4 Å². The standard InChI is InChI=1S/C9H10F3NO3/c10-9(11,12)7-3-1-2-4-8(7)15-16-13-5-6-14/h1-4,13-14H,5-6H2. The zero-order valence-corrected chi connectivity index (χ0v) is 8.12. The molecule has 4 nitrogen and oxygen atoms in total. The third kappa shape index (κ3) is 3.69. The topological polar surface area (TPSA) is 50.7 Å². The first-order valence-corrected chi connectivity index (χ1v) is 4.39. The fourth-order valence-electron chi connectivity index (χ4n) is 0.935. The summed E-state index contributed by atoms with van der Waals surface area (Å²) in [5.41, 5.74) is 1.19. The van der Waals surface area contributed by atoms with Gasteiger partial charge in [-0.2, -0.15) is 18.7 Å². The minimum absolute atomic E-state index is 0.0498. The van der Waals surface area contributed by atoms with Crippen LogP contribution in [0.1, 0.15) is 5.56 Å². The van der Waals surface area contributed by atoms with Crippen LogP contribution in [0.25, 0.3) is 0 Å². The Morgan fingerprint density at radius 1 is 1.25 bits per heavy atom. The van der Waals surface area contributed by atoms with Crippen molar-refractivity contribution in [3.8, 4) is 5.75 Å². The lowest BCUT2D eigenvalue weighted by Crippen LogP contribution is -2.21. The zero-order valence-electron chi connectivity index (χ0n) is 8.12. The molecule has 1 aromatic rings. The maximum Gasteiger partial charge on any atom is 0.420 e. The van der Waals surface area contributed by atoms with E-state index in [1.165, 1.54) is 12.1 Å². The van der Waals surface area contributed by atoms with Gasteiger partial charge >= 0.3 is 6.18 Å². The molecule has 0 saturated carbocycles. The molecule has 0 aliphatic heterocycles. The van der Waals surface area contributed by atoms with Gasteiger partial charge in [0.25, 0.3) is 0 Å². The summed E-state index contributed by atoms with van der Waals surface area (Å²) in [6.45, 7) is -0.168. The number of benzene rings is 1. The normalized spacial score (nSPS) is 11.5. The minimum Gasteiger partial charge on any atom is -0.395 e. The minimum atomic E-state index is -4.50. The molecule has 0 amide bonds. The number of alkyl halides is 3. The van der Waals surface area contributed by atoms with Crippen LogP contribution in [0.3, 0.4) is 0 Å². The SMILES string of the molecule is OCCNOOc1ccccc1C(F)(F)F. The quantitative estimate of drug-likeness (QED) is 0.463. The largest absolute Gasteiger partial charge is 0.420 e. The first-order valence-electron chi connectivity index (χ1n) is 4.39. The molecular formula is C9H10F3NO3. The number of hydrogen-bond donors (Lipinski definition) is 2. The van der Waals surface area contributed by atoms with Crippen molar-refractivity contribution in [2.24, 2.45) is 0 Å². The van der Waals surface area contributed by atoms with Gasteiger partial charge in [0.2, 0.25) is 0 Å². The molecule has 0 unspecified atom stereocenters. The first-order chi connectivity index (χ1) is 7.55. The molecule has 1 rings (SSSR count). The maximum atomic E-state index is 12.4. The summed E-state index contributed by atoms with van der Waals surface area (Å²) in [6, 6.07) is 4.64. The van der Waals surface area contributed by atoms with E-state index < -0.39 is 17.5 Å². The Morgan fingerprint density at radius 3 is 2.56 bits per heavy atom. The molecule has 0 fully saturated rings. The summed E-state index contributed by atoms with van der Waals surface area (Å²) < 4.78 is 37.3. The predicted molar refractivity (Wildman–Crippen MR) is 48.2 cm³/mol. The average molecular weight is 237 g/mol. The number of aliphatic hydroxyl groups is 1. The highest BCUT2D eigenvalue weighted by molar-refractivity contribution is 5.34. The Morgan fingerprint density at radius 2 is 1.94 bits per heavy atom. The molecule has 7 heteroatoms. The molecule has 0 spiro atoms. The van der Waals surface area contributed by atoms with Gasteiger partial charge in [0.05, 0.1) is 6.61 Å². The zero-order chi connectivity index (χ0) is 12.0. The van der Waals surface area contributed by atoms with Gasteiger partial charge in [-0.05, 0) is 12.1 Å². The van der Waals surface area contributed by atoms with Crippen molar-refractivity contribution in [3.63, 3.8) is 0 Å². The van der Waals surface area contributed by atoms with Gasteiger partial charge < -0.3 is 9.99 Å². The highest BCUT2D eigenvalue weighted by Gasteiger charge is 2.34. The molecular weight excluding hydrogens is 227 g/mol. The smallest absolute Gasteiger partial charge is 0.395 e. The lowest BCUT2D eigenvalue weighted by Gasteiger charge is -2.11. The van der Waals surface area contributed by atoms with Crippen LogP contribution in [0, 0.1) is 0 Å². The number of hydrogen-bond acceptors (Lipinski definition) is 4. The van der Waals surface area contributed by atoms with Crippen LogP contribution in [0.2, 0.25) is 0 Å². The van der Waals surface area contributed by atoms with Crippen LogP contribution < -0.4 is 10.4 Å². The fourth-order valence-corrected chi connectivity index (χ4v) is 0.935. The van der Waals surface area contributed by atoms with Crippen molar-refractivity contribution in [2.75, 3.05) is 13.2 Å². The monoisotopic (exact) mass is 237 g/mol. The second kappa shape index (κ2) is 5.69. The molecule has 0 aliphatic rings. The van der Waals surface area contributed by atoms with Gasteiger partial charge in [0.15, 0.2) is 5.75 Å². The molecule has 90 valence electrons. The molecule has 0 radical (unpaired) electrons. The van der Waals surface area contributed by atoms with Gasteiger partial charge in [0.1, 0.15) is 5.56 Å². The van der Waals surface area contributed by atoms with Crippen molar-refractivity contribution in [3.05, 3.63) is 29.8 Å². The Hall–Kier alpha value is -1.31. The highest BCUT2D eigenvalue weighted by Crippen LogP contribution is 2.35. The Labute approximate surface area is 89.5 Å². The van der Waals surface area contributed by atoms with Crippen LogP contribution in [-0.4, -0.2) is 18.3 Å². The number of aliphatic hydroxyl groups excluding tert-OH is 1. The fraction of sp³-hybridized carbons (Fsp3) is 0.333. The van der Waals surface area contributed by atoms with E-state index >= 15 is 0 Å². The predicted octanol–water partition coefficient (Wildman–Crippen LogP) is 1.51. The van der Waals surface area contributed by atoms with Crippen LogP contribution in [0.4, 0.5) is 13.2 Å². The lowest BCUT2D eigenvalue weighted by atomic mass is 10.2. The summed E-state index contributed by atoms with van der Waals surface area (Å²) in [6.07, 6.45) is -4.50. The Bertz CT molecular complexity index is 330. The van der Waals surface area contributed by atoms with Gasteiger partial charge in [-0.1, -0.05) is 17.1 Å². The molecule has 0 saturated heterocycles. The maximum absolute atomic E-state index is 12.4. The van der Waals surface area contributed by atoms with E-state index in [0.29, 0.717) is 0 Å². The van der Waals surface area contributed by atoms with E-state index in [0.717, 1.165) is 12.1 Å². The van der Waals surface area contributed by atoms with Crippen molar-refractivity contribution >= 4 is 0 Å². The Kier molecular flexibility index (Phi) is 4.53. The van der Waals surface area contributed by atoms with Crippen molar-refractivity contribution in [2.45, 2.75) is 6.18 Å². The third-order valence-electron chi connectivity index (χ3n) is 1.60. The summed E-state index contributed by atoms with van der Waals surface area (Å²) >= 11 is 0. The molecule has 2 N–H and O–H groups in total. The van der Waals surface area contributed by atoms with Crippen LogP contribution in [0.15, 0.2) is 24.3 Å². The second-order valence-corrected chi connectivity index (χ2v) is 2.78. The molecule has 1 aromatic carbocycles. The Balaban J connectivity index is 2.65. The van der Waals surface area contributed by atoms with Gasteiger partial charge in [-0.25, -0.2) is 0 Å². The molecule has 16 heavy (non-hydrogen) atoms. The number of para-hydroxylation sites is 1. The van der Waals surface area contributed by atoms with Gasteiger partial charge in [-0.3, -0.25) is 0 Å². The molecule has 0 bridgehead atoms. The summed E-state index contributed by atoms with van der Waals surface area (Å²) in [5, 5.41) is 8.37. The van der Waals surface area contributed by atoms with E-state index in [-0.39, 0.29) is 13.2 Å². The van der Waals surface area contributed by atoms with E-state index in [4.69, 9.17) is 5.11 Å². The van der Waals surface area contributed by atoms with Crippen molar-refractivity contribution in [1.29, 1.82) is 0 Å². The second-order valence-electron chi connectivity index (χ2n) is 2.78.